The molecule has 1 atom stereocenters. The number of piperazine rings is 1. The summed E-state index contributed by atoms with van der Waals surface area (Å²) in [6, 6.07) is 27.2. The van der Waals surface area contributed by atoms with Gasteiger partial charge < -0.3 is 19.7 Å². The molecule has 0 spiro atoms. The molecule has 2 aliphatic rings. The van der Waals surface area contributed by atoms with Crippen LogP contribution in [0.3, 0.4) is 0 Å². The Kier molecular flexibility index (Phi) is 6.08. The number of anilines is 1. The van der Waals surface area contributed by atoms with Crippen molar-refractivity contribution >= 4 is 28.6 Å². The highest BCUT2D eigenvalue weighted by molar-refractivity contribution is 5.93. The van der Waals surface area contributed by atoms with E-state index in [1.54, 1.807) is 6.08 Å². The van der Waals surface area contributed by atoms with Crippen LogP contribution in [0.5, 0.6) is 0 Å². The lowest BCUT2D eigenvalue weighted by Gasteiger charge is -2.35. The molecule has 3 aromatic carbocycles. The summed E-state index contributed by atoms with van der Waals surface area (Å²) in [5.41, 5.74) is 7.01. The molecule has 5 heteroatoms. The van der Waals surface area contributed by atoms with Crippen LogP contribution in [0.2, 0.25) is 0 Å². The first-order valence-electron chi connectivity index (χ1n) is 12.8. The number of amides is 1. The van der Waals surface area contributed by atoms with E-state index in [0.717, 1.165) is 54.9 Å². The molecule has 1 unspecified atom stereocenters. The van der Waals surface area contributed by atoms with Crippen LogP contribution < -0.4 is 4.90 Å². The molecular formula is C31H32N4O. The fourth-order valence-corrected chi connectivity index (χ4v) is 5.58. The highest BCUT2D eigenvalue weighted by Crippen LogP contribution is 2.38. The number of aromatic nitrogens is 1. The molecule has 0 aliphatic carbocycles. The Labute approximate surface area is 212 Å². The van der Waals surface area contributed by atoms with Gasteiger partial charge in [-0.05, 0) is 54.4 Å². The Bertz CT molecular complexity index is 1380. The fraction of sp³-hybridized carbons (Fsp3) is 0.258. The summed E-state index contributed by atoms with van der Waals surface area (Å²) >= 11 is 0. The van der Waals surface area contributed by atoms with Crippen LogP contribution in [0.25, 0.3) is 17.0 Å². The molecule has 1 amide bonds. The average Bonchev–Trinajstić information content (AvgIpc) is 3.31. The smallest absolute Gasteiger partial charge is 0.247 e. The van der Waals surface area contributed by atoms with Crippen LogP contribution in [0.1, 0.15) is 28.4 Å². The number of carbonyl (C=O) groups excluding carboxylic acids is 1. The molecule has 1 aromatic heterocycles. The minimum atomic E-state index is -0.126. The highest BCUT2D eigenvalue weighted by atomic mass is 16.2. The van der Waals surface area contributed by atoms with Gasteiger partial charge in [0.1, 0.15) is 0 Å². The van der Waals surface area contributed by atoms with Gasteiger partial charge in [-0.1, -0.05) is 60.7 Å². The van der Waals surface area contributed by atoms with Crippen molar-refractivity contribution in [2.24, 2.45) is 0 Å². The van der Waals surface area contributed by atoms with Crippen molar-refractivity contribution < 1.29 is 4.79 Å². The normalized spacial score (nSPS) is 18.6. The number of rotatable bonds is 4. The second-order valence-electron chi connectivity index (χ2n) is 9.87. The molecule has 0 saturated carbocycles. The number of aromatic amines is 1. The zero-order chi connectivity index (χ0) is 24.5. The highest BCUT2D eigenvalue weighted by Gasteiger charge is 2.33. The summed E-state index contributed by atoms with van der Waals surface area (Å²) in [4.78, 5) is 24.0. The van der Waals surface area contributed by atoms with Crippen molar-refractivity contribution in [1.82, 2.24) is 14.8 Å². The van der Waals surface area contributed by atoms with Crippen molar-refractivity contribution in [1.29, 1.82) is 0 Å². The predicted molar refractivity (Wildman–Crippen MR) is 147 cm³/mol. The number of benzene rings is 3. The van der Waals surface area contributed by atoms with Crippen molar-refractivity contribution in [3.8, 4) is 0 Å². The lowest BCUT2D eigenvalue weighted by atomic mass is 9.92. The topological polar surface area (TPSA) is 42.6 Å². The predicted octanol–water partition coefficient (Wildman–Crippen LogP) is 5.11. The van der Waals surface area contributed by atoms with Crippen molar-refractivity contribution in [2.75, 3.05) is 44.7 Å². The molecule has 1 saturated heterocycles. The molecule has 5 nitrogen and oxygen atoms in total. The van der Waals surface area contributed by atoms with E-state index in [1.165, 1.54) is 16.6 Å². The van der Waals surface area contributed by atoms with Gasteiger partial charge in [-0.3, -0.25) is 4.79 Å². The van der Waals surface area contributed by atoms with E-state index >= 15 is 0 Å². The Balaban J connectivity index is 1.25. The third kappa shape index (κ3) is 4.31. The zero-order valence-corrected chi connectivity index (χ0v) is 20.7. The summed E-state index contributed by atoms with van der Waals surface area (Å²) < 4.78 is 0. The number of nitrogens with zero attached hydrogens (tertiary/aromatic N) is 3. The molecule has 182 valence electrons. The van der Waals surface area contributed by atoms with Gasteiger partial charge in [0.25, 0.3) is 0 Å². The van der Waals surface area contributed by atoms with Crippen LogP contribution in [-0.4, -0.2) is 60.5 Å². The van der Waals surface area contributed by atoms with Gasteiger partial charge in [0, 0.05) is 61.1 Å². The van der Waals surface area contributed by atoms with Gasteiger partial charge in [-0.15, -0.1) is 0 Å². The molecule has 3 heterocycles. The maximum atomic E-state index is 13.5. The number of hydrogen-bond acceptors (Lipinski definition) is 3. The Morgan fingerprint density at radius 1 is 0.861 bits per heavy atom. The van der Waals surface area contributed by atoms with Gasteiger partial charge >= 0.3 is 0 Å². The summed E-state index contributed by atoms with van der Waals surface area (Å²) in [7, 11) is 2.17. The maximum absolute atomic E-state index is 13.5. The quantitative estimate of drug-likeness (QED) is 0.417. The minimum Gasteiger partial charge on any atom is -0.369 e. The molecule has 2 aliphatic heterocycles. The first-order chi connectivity index (χ1) is 17.7. The lowest BCUT2D eigenvalue weighted by Crippen LogP contribution is -2.44. The van der Waals surface area contributed by atoms with E-state index in [-0.39, 0.29) is 11.9 Å². The average molecular weight is 477 g/mol. The number of H-pyrrole nitrogens is 1. The van der Waals surface area contributed by atoms with E-state index in [1.807, 2.05) is 29.2 Å². The fourth-order valence-electron chi connectivity index (χ4n) is 5.58. The van der Waals surface area contributed by atoms with E-state index < -0.39 is 0 Å². The van der Waals surface area contributed by atoms with Crippen LogP contribution in [0.15, 0.2) is 84.9 Å². The molecule has 1 fully saturated rings. The number of hydrogen-bond donors (Lipinski definition) is 1. The van der Waals surface area contributed by atoms with Crippen LogP contribution in [0.4, 0.5) is 5.69 Å². The maximum Gasteiger partial charge on any atom is 0.247 e. The summed E-state index contributed by atoms with van der Waals surface area (Å²) in [5, 5.41) is 1.26. The molecule has 1 N–H and O–H groups in total. The zero-order valence-electron chi connectivity index (χ0n) is 20.7. The molecular weight excluding hydrogens is 444 g/mol. The summed E-state index contributed by atoms with van der Waals surface area (Å²) in [5.74, 6) is 0.0382. The third-order valence-electron chi connectivity index (χ3n) is 7.61. The monoisotopic (exact) mass is 476 g/mol. The van der Waals surface area contributed by atoms with Crippen molar-refractivity contribution in [3.63, 3.8) is 0 Å². The van der Waals surface area contributed by atoms with Crippen LogP contribution in [-0.2, 0) is 11.2 Å². The van der Waals surface area contributed by atoms with Crippen molar-refractivity contribution in [2.45, 2.75) is 12.5 Å². The summed E-state index contributed by atoms with van der Waals surface area (Å²) in [6.07, 6.45) is 4.52. The van der Waals surface area contributed by atoms with Crippen LogP contribution >= 0.6 is 0 Å². The third-order valence-corrected chi connectivity index (χ3v) is 7.61. The van der Waals surface area contributed by atoms with Crippen LogP contribution in [0, 0.1) is 0 Å². The first-order valence-corrected chi connectivity index (χ1v) is 12.8. The number of likely N-dealkylation sites (N-methyl/N-ethyl adjacent to an activating group) is 1. The SMILES string of the molecule is CN1CCN(c2ccc(/C=C/C(=O)N3CCc4c([nH]c5ccccc45)C3c3ccccc3)cc2)CC1. The van der Waals surface area contributed by atoms with Gasteiger partial charge in [0.05, 0.1) is 6.04 Å². The van der Waals surface area contributed by atoms with E-state index in [2.05, 4.69) is 82.5 Å². The van der Waals surface area contributed by atoms with Crippen molar-refractivity contribution in [3.05, 3.63) is 107 Å². The largest absolute Gasteiger partial charge is 0.369 e. The standard InChI is InChI=1S/C31H32N4O/c1-33-19-21-34(22-20-33)25-14-11-23(12-15-25)13-16-29(36)35-18-17-27-26-9-5-6-10-28(26)32-30(27)31(35)24-7-3-2-4-8-24/h2-16,31-32H,17-22H2,1H3/b16-13+. The molecule has 0 radical (unpaired) electrons. The molecule has 6 rings (SSSR count). The number of carbonyl (C=O) groups is 1. The Hall–Kier alpha value is -3.83. The second kappa shape index (κ2) is 9.67. The summed E-state index contributed by atoms with van der Waals surface area (Å²) in [6.45, 7) is 4.98. The molecule has 0 bridgehead atoms. The first kappa shape index (κ1) is 22.6. The number of para-hydroxylation sites is 1. The lowest BCUT2D eigenvalue weighted by molar-refractivity contribution is -0.128. The van der Waals surface area contributed by atoms with E-state index in [0.29, 0.717) is 6.54 Å². The van der Waals surface area contributed by atoms with E-state index in [9.17, 15) is 4.79 Å². The number of nitrogens with one attached hydrogen (secondary N) is 1. The van der Waals surface area contributed by atoms with Gasteiger partial charge in [-0.2, -0.15) is 0 Å². The van der Waals surface area contributed by atoms with E-state index in [4.69, 9.17) is 0 Å². The molecule has 36 heavy (non-hydrogen) atoms. The minimum absolute atomic E-state index is 0.0382. The van der Waals surface area contributed by atoms with Gasteiger partial charge in [0.2, 0.25) is 5.91 Å². The Morgan fingerprint density at radius 2 is 1.58 bits per heavy atom. The van der Waals surface area contributed by atoms with Gasteiger partial charge in [0.15, 0.2) is 0 Å². The second-order valence-corrected chi connectivity index (χ2v) is 9.87. The molecule has 4 aromatic rings. The van der Waals surface area contributed by atoms with Gasteiger partial charge in [-0.25, -0.2) is 0 Å². The Morgan fingerprint density at radius 3 is 2.36 bits per heavy atom. The number of fused-ring (bicyclic) bond motifs is 3.